The van der Waals surface area contributed by atoms with E-state index < -0.39 is 0 Å². The molecule has 22 heavy (non-hydrogen) atoms. The zero-order valence-electron chi connectivity index (χ0n) is 12.6. The van der Waals surface area contributed by atoms with Crippen LogP contribution >= 0.6 is 0 Å². The molecule has 1 aliphatic carbocycles. The third-order valence-corrected chi connectivity index (χ3v) is 4.14. The van der Waals surface area contributed by atoms with Crippen molar-refractivity contribution in [1.82, 2.24) is 5.32 Å². The van der Waals surface area contributed by atoms with E-state index in [2.05, 4.69) is 22.8 Å². The van der Waals surface area contributed by atoms with Gasteiger partial charge in [0.1, 0.15) is 5.75 Å². The molecule has 1 aliphatic heterocycles. The highest BCUT2D eigenvalue weighted by Gasteiger charge is 2.22. The summed E-state index contributed by atoms with van der Waals surface area (Å²) in [5.41, 5.74) is 1.61. The van der Waals surface area contributed by atoms with Crippen molar-refractivity contribution in [2.24, 2.45) is 5.92 Å². The average Bonchev–Trinajstić information content (AvgIpc) is 2.54. The lowest BCUT2D eigenvalue weighted by atomic mass is 9.93. The first-order valence-corrected chi connectivity index (χ1v) is 7.65. The normalized spacial score (nSPS) is 21.3. The minimum atomic E-state index is -0.157. The second-order valence-electron chi connectivity index (χ2n) is 5.80. The molecule has 2 unspecified atom stereocenters. The van der Waals surface area contributed by atoms with E-state index in [-0.39, 0.29) is 30.4 Å². The Morgan fingerprint density at radius 2 is 2.27 bits per heavy atom. The smallest absolute Gasteiger partial charge is 0.262 e. The largest absolute Gasteiger partial charge is 0.482 e. The summed E-state index contributed by atoms with van der Waals surface area (Å²) in [7, 11) is 0. The molecule has 1 aromatic carbocycles. The first kappa shape index (κ1) is 14.6. The molecule has 2 amide bonds. The van der Waals surface area contributed by atoms with Gasteiger partial charge in [-0.3, -0.25) is 9.59 Å². The quantitative estimate of drug-likeness (QED) is 0.843. The highest BCUT2D eigenvalue weighted by Crippen LogP contribution is 2.30. The first-order chi connectivity index (χ1) is 10.6. The Morgan fingerprint density at radius 3 is 3.05 bits per heavy atom. The SMILES string of the molecule is CC(NC(=O)C1CC=CCC1)c1ccc2c(c1)NC(=O)CO2. The van der Waals surface area contributed by atoms with Gasteiger partial charge in [-0.1, -0.05) is 18.2 Å². The highest BCUT2D eigenvalue weighted by molar-refractivity contribution is 5.95. The van der Waals surface area contributed by atoms with Gasteiger partial charge in [0.25, 0.3) is 5.91 Å². The van der Waals surface area contributed by atoms with Gasteiger partial charge in [-0.05, 0) is 43.9 Å². The molecule has 0 fully saturated rings. The molecular formula is C17H20N2O3. The molecular weight excluding hydrogens is 280 g/mol. The van der Waals surface area contributed by atoms with Gasteiger partial charge in [0, 0.05) is 5.92 Å². The van der Waals surface area contributed by atoms with Crippen LogP contribution in [-0.2, 0) is 9.59 Å². The van der Waals surface area contributed by atoms with Crippen molar-refractivity contribution < 1.29 is 14.3 Å². The predicted molar refractivity (Wildman–Crippen MR) is 83.6 cm³/mol. The van der Waals surface area contributed by atoms with Crippen molar-refractivity contribution in [3.8, 4) is 5.75 Å². The molecule has 2 aliphatic rings. The molecule has 5 nitrogen and oxygen atoms in total. The number of rotatable bonds is 3. The fourth-order valence-corrected chi connectivity index (χ4v) is 2.82. The number of benzene rings is 1. The van der Waals surface area contributed by atoms with Crippen LogP contribution in [-0.4, -0.2) is 18.4 Å². The molecule has 2 atom stereocenters. The van der Waals surface area contributed by atoms with Gasteiger partial charge in [0.2, 0.25) is 5.91 Å². The number of carbonyl (C=O) groups is 2. The number of allylic oxidation sites excluding steroid dienone is 2. The van der Waals surface area contributed by atoms with Crippen LogP contribution in [0.15, 0.2) is 30.4 Å². The van der Waals surface area contributed by atoms with E-state index in [1.54, 1.807) is 0 Å². The fourth-order valence-electron chi connectivity index (χ4n) is 2.82. The van der Waals surface area contributed by atoms with E-state index in [0.29, 0.717) is 11.4 Å². The molecule has 5 heteroatoms. The van der Waals surface area contributed by atoms with Gasteiger partial charge in [0.05, 0.1) is 11.7 Å². The third kappa shape index (κ3) is 3.13. The third-order valence-electron chi connectivity index (χ3n) is 4.14. The molecule has 0 saturated carbocycles. The van der Waals surface area contributed by atoms with Crippen molar-refractivity contribution in [3.63, 3.8) is 0 Å². The van der Waals surface area contributed by atoms with Gasteiger partial charge in [-0.25, -0.2) is 0 Å². The molecule has 0 saturated heterocycles. The van der Waals surface area contributed by atoms with Crippen molar-refractivity contribution >= 4 is 17.5 Å². The van der Waals surface area contributed by atoms with Crippen LogP contribution < -0.4 is 15.4 Å². The lowest BCUT2D eigenvalue weighted by Gasteiger charge is -2.23. The number of carbonyl (C=O) groups excluding carboxylic acids is 2. The summed E-state index contributed by atoms with van der Waals surface area (Å²) in [6, 6.07) is 5.50. The Kier molecular flexibility index (Phi) is 4.13. The first-order valence-electron chi connectivity index (χ1n) is 7.65. The molecule has 1 aromatic rings. The van der Waals surface area contributed by atoms with Crippen molar-refractivity contribution in [3.05, 3.63) is 35.9 Å². The highest BCUT2D eigenvalue weighted by atomic mass is 16.5. The van der Waals surface area contributed by atoms with Gasteiger partial charge >= 0.3 is 0 Å². The Morgan fingerprint density at radius 1 is 1.41 bits per heavy atom. The topological polar surface area (TPSA) is 67.4 Å². The van der Waals surface area contributed by atoms with E-state index in [1.165, 1.54) is 0 Å². The van der Waals surface area contributed by atoms with E-state index in [0.717, 1.165) is 24.8 Å². The van der Waals surface area contributed by atoms with Crippen LogP contribution in [0.1, 0.15) is 37.8 Å². The summed E-state index contributed by atoms with van der Waals surface area (Å²) in [5.74, 6) is 0.664. The van der Waals surface area contributed by atoms with Gasteiger partial charge in [-0.2, -0.15) is 0 Å². The van der Waals surface area contributed by atoms with Crippen LogP contribution in [0.4, 0.5) is 5.69 Å². The summed E-state index contributed by atoms with van der Waals surface area (Å²) in [6.45, 7) is 2.00. The standard InChI is InChI=1S/C17H20N2O3/c1-11(18-17(21)12-5-3-2-4-6-12)13-7-8-15-14(9-13)19-16(20)10-22-15/h2-3,7-9,11-12H,4-6,10H2,1H3,(H,18,21)(H,19,20). The average molecular weight is 300 g/mol. The molecule has 1 heterocycles. The number of ether oxygens (including phenoxy) is 1. The fraction of sp³-hybridized carbons (Fsp3) is 0.412. The van der Waals surface area contributed by atoms with Crippen LogP contribution in [0, 0.1) is 5.92 Å². The predicted octanol–water partition coefficient (Wildman–Crippen LogP) is 2.55. The second kappa shape index (κ2) is 6.22. The Labute approximate surface area is 129 Å². The Bertz CT molecular complexity index is 624. The Hall–Kier alpha value is -2.30. The number of hydrogen-bond donors (Lipinski definition) is 2. The van der Waals surface area contributed by atoms with Crippen molar-refractivity contribution in [1.29, 1.82) is 0 Å². The van der Waals surface area contributed by atoms with Crippen molar-refractivity contribution in [2.75, 3.05) is 11.9 Å². The molecule has 0 bridgehead atoms. The van der Waals surface area contributed by atoms with Crippen LogP contribution in [0.5, 0.6) is 5.75 Å². The Balaban J connectivity index is 1.68. The monoisotopic (exact) mass is 300 g/mol. The molecule has 0 spiro atoms. The van der Waals surface area contributed by atoms with Crippen LogP contribution in [0.2, 0.25) is 0 Å². The molecule has 3 rings (SSSR count). The van der Waals surface area contributed by atoms with E-state index in [4.69, 9.17) is 4.74 Å². The minimum Gasteiger partial charge on any atom is -0.482 e. The lowest BCUT2D eigenvalue weighted by Crippen LogP contribution is -2.33. The molecule has 0 aromatic heterocycles. The summed E-state index contributed by atoms with van der Waals surface area (Å²) < 4.78 is 5.34. The van der Waals surface area contributed by atoms with Crippen LogP contribution in [0.3, 0.4) is 0 Å². The minimum absolute atomic E-state index is 0.0494. The van der Waals surface area contributed by atoms with Gasteiger partial charge in [0.15, 0.2) is 6.61 Å². The lowest BCUT2D eigenvalue weighted by molar-refractivity contribution is -0.126. The number of nitrogens with one attached hydrogen (secondary N) is 2. The van der Waals surface area contributed by atoms with Gasteiger partial charge < -0.3 is 15.4 Å². The number of amides is 2. The number of anilines is 1. The van der Waals surface area contributed by atoms with Gasteiger partial charge in [-0.15, -0.1) is 0 Å². The maximum absolute atomic E-state index is 12.3. The zero-order valence-corrected chi connectivity index (χ0v) is 12.6. The molecule has 0 radical (unpaired) electrons. The maximum atomic E-state index is 12.3. The summed E-state index contributed by atoms with van der Waals surface area (Å²) in [4.78, 5) is 23.7. The second-order valence-corrected chi connectivity index (χ2v) is 5.80. The van der Waals surface area contributed by atoms with Crippen molar-refractivity contribution in [2.45, 2.75) is 32.2 Å². The van der Waals surface area contributed by atoms with E-state index in [9.17, 15) is 9.59 Å². The summed E-state index contributed by atoms with van der Waals surface area (Å²) >= 11 is 0. The number of hydrogen-bond acceptors (Lipinski definition) is 3. The zero-order chi connectivity index (χ0) is 15.5. The number of fused-ring (bicyclic) bond motifs is 1. The maximum Gasteiger partial charge on any atom is 0.262 e. The molecule has 116 valence electrons. The van der Waals surface area contributed by atoms with E-state index >= 15 is 0 Å². The summed E-state index contributed by atoms with van der Waals surface area (Å²) in [6.07, 6.45) is 6.88. The van der Waals surface area contributed by atoms with Crippen LogP contribution in [0.25, 0.3) is 0 Å². The molecule has 2 N–H and O–H groups in total. The summed E-state index contributed by atoms with van der Waals surface area (Å²) in [5, 5.41) is 5.84. The van der Waals surface area contributed by atoms with E-state index in [1.807, 2.05) is 25.1 Å².